The van der Waals surface area contributed by atoms with Crippen LogP contribution in [-0.2, 0) is 16.6 Å². The van der Waals surface area contributed by atoms with E-state index in [0.717, 1.165) is 11.3 Å². The quantitative estimate of drug-likeness (QED) is 0.812. The maximum Gasteiger partial charge on any atom is 0.281 e. The largest absolute Gasteiger partial charge is 0.445 e. The van der Waals surface area contributed by atoms with Crippen molar-refractivity contribution in [2.24, 2.45) is 0 Å². The number of hydrogen-bond donors (Lipinski definition) is 0. The molecule has 1 aromatic carbocycles. The summed E-state index contributed by atoms with van der Waals surface area (Å²) in [7, 11) is -0.304. The molecule has 2 aromatic rings. The van der Waals surface area contributed by atoms with Crippen LogP contribution in [0.5, 0.6) is 0 Å². The van der Waals surface area contributed by atoms with Gasteiger partial charge in [-0.3, -0.25) is 0 Å². The molecular weight excluding hydrogens is 350 g/mol. The molecule has 2 heterocycles. The normalized spacial score (nSPS) is 19.2. The SMILES string of the molecule is CN(C)S(=O)(=O)N1CC[C@H](c2ncc(Cc3cccc(Cl)c3)o2)C1. The number of hydrogen-bond acceptors (Lipinski definition) is 4. The number of rotatable bonds is 5. The summed E-state index contributed by atoms with van der Waals surface area (Å²) in [5.41, 5.74) is 1.05. The number of oxazole rings is 1. The molecule has 3 rings (SSSR count). The van der Waals surface area contributed by atoms with Crippen LogP contribution in [0.4, 0.5) is 0 Å². The molecular formula is C16H20ClN3O3S. The van der Waals surface area contributed by atoms with Crippen LogP contribution in [0.1, 0.15) is 29.6 Å². The van der Waals surface area contributed by atoms with Crippen LogP contribution < -0.4 is 0 Å². The maximum absolute atomic E-state index is 12.2. The Balaban J connectivity index is 1.68. The standard InChI is InChI=1S/C16H20ClN3O3S/c1-19(2)24(21,22)20-7-6-13(11-20)16-18-10-15(23-16)9-12-4-3-5-14(17)8-12/h3-5,8,10,13H,6-7,9,11H2,1-2H3/t13-/m0/s1. The predicted molar refractivity (Wildman–Crippen MR) is 92.3 cm³/mol. The monoisotopic (exact) mass is 369 g/mol. The summed E-state index contributed by atoms with van der Waals surface area (Å²) in [4.78, 5) is 4.34. The molecule has 0 radical (unpaired) electrons. The average Bonchev–Trinajstić information content (AvgIpc) is 3.16. The van der Waals surface area contributed by atoms with Gasteiger partial charge in [0.1, 0.15) is 5.76 Å². The van der Waals surface area contributed by atoms with Crippen LogP contribution in [0.25, 0.3) is 0 Å². The van der Waals surface area contributed by atoms with Gasteiger partial charge in [0.2, 0.25) is 0 Å². The third-order valence-electron chi connectivity index (χ3n) is 4.13. The van der Waals surface area contributed by atoms with Gasteiger partial charge in [-0.15, -0.1) is 0 Å². The molecule has 0 aliphatic carbocycles. The van der Waals surface area contributed by atoms with Crippen molar-refractivity contribution in [2.45, 2.75) is 18.8 Å². The summed E-state index contributed by atoms with van der Waals surface area (Å²) in [5.74, 6) is 1.34. The van der Waals surface area contributed by atoms with Crippen LogP contribution in [0.3, 0.4) is 0 Å². The van der Waals surface area contributed by atoms with Crippen molar-refractivity contribution in [3.8, 4) is 0 Å². The van der Waals surface area contributed by atoms with Crippen LogP contribution in [-0.4, -0.2) is 49.2 Å². The Labute approximate surface area is 147 Å². The van der Waals surface area contributed by atoms with Crippen LogP contribution in [0.15, 0.2) is 34.9 Å². The van der Waals surface area contributed by atoms with Crippen molar-refractivity contribution in [3.63, 3.8) is 0 Å². The van der Waals surface area contributed by atoms with E-state index in [4.69, 9.17) is 16.0 Å². The molecule has 1 aromatic heterocycles. The summed E-state index contributed by atoms with van der Waals surface area (Å²) in [5, 5.41) is 0.688. The van der Waals surface area contributed by atoms with Gasteiger partial charge in [-0.1, -0.05) is 23.7 Å². The minimum atomic E-state index is -3.38. The predicted octanol–water partition coefficient (Wildman–Crippen LogP) is 2.51. The van der Waals surface area contributed by atoms with Crippen molar-refractivity contribution in [2.75, 3.05) is 27.2 Å². The van der Waals surface area contributed by atoms with E-state index in [-0.39, 0.29) is 5.92 Å². The van der Waals surface area contributed by atoms with Crippen molar-refractivity contribution in [1.82, 2.24) is 13.6 Å². The lowest BCUT2D eigenvalue weighted by atomic mass is 10.1. The Morgan fingerprint density at radius 2 is 2.21 bits per heavy atom. The minimum Gasteiger partial charge on any atom is -0.445 e. The molecule has 8 heteroatoms. The van der Waals surface area contributed by atoms with Gasteiger partial charge in [0.15, 0.2) is 5.89 Å². The highest BCUT2D eigenvalue weighted by atomic mass is 35.5. The lowest BCUT2D eigenvalue weighted by Gasteiger charge is -2.20. The average molecular weight is 370 g/mol. The van der Waals surface area contributed by atoms with Crippen molar-refractivity contribution < 1.29 is 12.8 Å². The van der Waals surface area contributed by atoms with Crippen molar-refractivity contribution >= 4 is 21.8 Å². The van der Waals surface area contributed by atoms with Crippen molar-refractivity contribution in [1.29, 1.82) is 0 Å². The molecule has 6 nitrogen and oxygen atoms in total. The lowest BCUT2D eigenvalue weighted by molar-refractivity contribution is 0.400. The summed E-state index contributed by atoms with van der Waals surface area (Å²) in [6.07, 6.45) is 3.03. The topological polar surface area (TPSA) is 66.7 Å². The lowest BCUT2D eigenvalue weighted by Crippen LogP contribution is -2.38. The molecule has 0 unspecified atom stereocenters. The second-order valence-electron chi connectivity index (χ2n) is 6.11. The summed E-state index contributed by atoms with van der Waals surface area (Å²) in [6, 6.07) is 7.60. The van der Waals surface area contributed by atoms with Gasteiger partial charge in [-0.25, -0.2) is 4.98 Å². The van der Waals surface area contributed by atoms with Gasteiger partial charge >= 0.3 is 0 Å². The van der Waals surface area contributed by atoms with Gasteiger partial charge in [-0.2, -0.15) is 17.0 Å². The summed E-state index contributed by atoms with van der Waals surface area (Å²) in [6.45, 7) is 0.884. The first-order valence-corrected chi connectivity index (χ1v) is 9.50. The molecule has 24 heavy (non-hydrogen) atoms. The molecule has 0 saturated carbocycles. The van der Waals surface area contributed by atoms with E-state index in [9.17, 15) is 8.42 Å². The van der Waals surface area contributed by atoms with E-state index >= 15 is 0 Å². The zero-order chi connectivity index (χ0) is 17.3. The van der Waals surface area contributed by atoms with Gasteiger partial charge in [0.25, 0.3) is 10.2 Å². The molecule has 0 spiro atoms. The van der Waals surface area contributed by atoms with Crippen LogP contribution in [0.2, 0.25) is 5.02 Å². The van der Waals surface area contributed by atoms with E-state index in [2.05, 4.69) is 4.98 Å². The molecule has 0 amide bonds. The molecule has 130 valence electrons. The second-order valence-corrected chi connectivity index (χ2v) is 8.68. The third-order valence-corrected chi connectivity index (χ3v) is 6.27. The van der Waals surface area contributed by atoms with Gasteiger partial charge < -0.3 is 4.42 Å². The fourth-order valence-electron chi connectivity index (χ4n) is 2.81. The first kappa shape index (κ1) is 17.4. The molecule has 0 bridgehead atoms. The first-order chi connectivity index (χ1) is 11.4. The van der Waals surface area contributed by atoms with E-state index in [0.29, 0.717) is 36.8 Å². The third kappa shape index (κ3) is 3.64. The maximum atomic E-state index is 12.2. The smallest absolute Gasteiger partial charge is 0.281 e. The minimum absolute atomic E-state index is 0.00663. The van der Waals surface area contributed by atoms with E-state index in [1.807, 2.05) is 24.3 Å². The fraction of sp³-hybridized carbons (Fsp3) is 0.438. The zero-order valence-electron chi connectivity index (χ0n) is 13.6. The second kappa shape index (κ2) is 6.84. The molecule has 1 aliphatic heterocycles. The Morgan fingerprint density at radius 3 is 2.92 bits per heavy atom. The molecule has 1 aliphatic rings. The molecule has 1 atom stereocenters. The Morgan fingerprint density at radius 1 is 1.42 bits per heavy atom. The van der Waals surface area contributed by atoms with Crippen LogP contribution >= 0.6 is 11.6 Å². The van der Waals surface area contributed by atoms with Gasteiger partial charge in [-0.05, 0) is 24.1 Å². The number of aromatic nitrogens is 1. The molecule has 0 N–H and O–H groups in total. The van der Waals surface area contributed by atoms with Gasteiger partial charge in [0, 0.05) is 38.6 Å². The summed E-state index contributed by atoms with van der Waals surface area (Å²) < 4.78 is 32.9. The highest BCUT2D eigenvalue weighted by Crippen LogP contribution is 2.29. The van der Waals surface area contributed by atoms with E-state index in [1.54, 1.807) is 6.20 Å². The molecule has 1 saturated heterocycles. The van der Waals surface area contributed by atoms with Gasteiger partial charge in [0.05, 0.1) is 12.1 Å². The Hall–Kier alpha value is -1.41. The zero-order valence-corrected chi connectivity index (χ0v) is 15.2. The highest BCUT2D eigenvalue weighted by Gasteiger charge is 2.35. The Kier molecular flexibility index (Phi) is 4.96. The number of halogens is 1. The molecule has 1 fully saturated rings. The van der Waals surface area contributed by atoms with Crippen LogP contribution in [0, 0.1) is 0 Å². The number of nitrogens with zero attached hydrogens (tertiary/aromatic N) is 3. The highest BCUT2D eigenvalue weighted by molar-refractivity contribution is 7.86. The Bertz CT molecular complexity index is 819. The van der Waals surface area contributed by atoms with E-state index < -0.39 is 10.2 Å². The first-order valence-electron chi connectivity index (χ1n) is 7.73. The number of benzene rings is 1. The van der Waals surface area contributed by atoms with E-state index in [1.165, 1.54) is 22.7 Å². The van der Waals surface area contributed by atoms with Crippen molar-refractivity contribution in [3.05, 3.63) is 52.7 Å². The summed E-state index contributed by atoms with van der Waals surface area (Å²) >= 11 is 5.99. The fourth-order valence-corrected chi connectivity index (χ4v) is 4.19.